The van der Waals surface area contributed by atoms with Crippen LogP contribution in [0.25, 0.3) is 0 Å². The molecule has 4 heteroatoms. The molecule has 1 heterocycles. The zero-order valence-corrected chi connectivity index (χ0v) is 11.7. The zero-order chi connectivity index (χ0) is 13.0. The molecule has 0 saturated carbocycles. The molecule has 0 bridgehead atoms. The van der Waals surface area contributed by atoms with Crippen LogP contribution >= 0.6 is 23.4 Å². The Morgan fingerprint density at radius 3 is 2.28 bits per heavy atom. The molecule has 2 unspecified atom stereocenters. The average molecular weight is 279 g/mol. The molecule has 0 aliphatic rings. The molecule has 0 amide bonds. The molecule has 94 valence electrons. The number of benzene rings is 1. The predicted molar refractivity (Wildman–Crippen MR) is 77.9 cm³/mol. The molecule has 0 aliphatic heterocycles. The van der Waals surface area contributed by atoms with Gasteiger partial charge in [-0.1, -0.05) is 11.6 Å². The van der Waals surface area contributed by atoms with Gasteiger partial charge in [0.2, 0.25) is 0 Å². The second kappa shape index (κ2) is 6.23. The van der Waals surface area contributed by atoms with E-state index in [1.807, 2.05) is 43.3 Å². The lowest BCUT2D eigenvalue weighted by Crippen LogP contribution is -2.22. The first-order valence-corrected chi connectivity index (χ1v) is 7.00. The molecular formula is C14H15ClN2S. The van der Waals surface area contributed by atoms with E-state index in [4.69, 9.17) is 17.3 Å². The minimum absolute atomic E-state index is 0.0630. The van der Waals surface area contributed by atoms with Gasteiger partial charge in [-0.05, 0) is 48.9 Å². The number of pyridine rings is 1. The normalized spacial score (nSPS) is 14.2. The molecule has 0 spiro atoms. The Kier molecular flexibility index (Phi) is 4.64. The van der Waals surface area contributed by atoms with Gasteiger partial charge in [0.15, 0.2) is 0 Å². The second-order valence-corrected chi connectivity index (χ2v) is 5.78. The Balaban J connectivity index is 2.19. The smallest absolute Gasteiger partial charge is 0.0493 e. The molecule has 1 aromatic heterocycles. The fraction of sp³-hybridized carbons (Fsp3) is 0.214. The van der Waals surface area contributed by atoms with Crippen molar-refractivity contribution in [2.24, 2.45) is 5.73 Å². The molecule has 1 aromatic carbocycles. The maximum atomic E-state index is 6.08. The molecule has 0 saturated heterocycles. The third kappa shape index (κ3) is 3.48. The minimum Gasteiger partial charge on any atom is -0.327 e. The van der Waals surface area contributed by atoms with Crippen LogP contribution in [0.15, 0.2) is 53.7 Å². The van der Waals surface area contributed by atoms with Crippen molar-refractivity contribution in [3.8, 4) is 0 Å². The van der Waals surface area contributed by atoms with Gasteiger partial charge in [-0.25, -0.2) is 0 Å². The zero-order valence-electron chi connectivity index (χ0n) is 10.1. The van der Waals surface area contributed by atoms with Crippen LogP contribution in [0.3, 0.4) is 0 Å². The van der Waals surface area contributed by atoms with E-state index in [1.54, 1.807) is 24.2 Å². The van der Waals surface area contributed by atoms with Gasteiger partial charge in [0.05, 0.1) is 0 Å². The van der Waals surface area contributed by atoms with Crippen LogP contribution in [-0.2, 0) is 0 Å². The Morgan fingerprint density at radius 2 is 1.72 bits per heavy atom. The lowest BCUT2D eigenvalue weighted by molar-refractivity contribution is 0.720. The molecule has 2 nitrogen and oxygen atoms in total. The van der Waals surface area contributed by atoms with Crippen molar-refractivity contribution in [2.75, 3.05) is 0 Å². The summed E-state index contributed by atoms with van der Waals surface area (Å²) in [5, 5.41) is 0.967. The van der Waals surface area contributed by atoms with Gasteiger partial charge in [0, 0.05) is 33.6 Å². The first-order valence-electron chi connectivity index (χ1n) is 5.74. The first kappa shape index (κ1) is 13.4. The van der Waals surface area contributed by atoms with Crippen molar-refractivity contribution in [2.45, 2.75) is 23.1 Å². The molecule has 0 aliphatic carbocycles. The largest absolute Gasteiger partial charge is 0.327 e. The molecule has 18 heavy (non-hydrogen) atoms. The van der Waals surface area contributed by atoms with Crippen LogP contribution in [0.5, 0.6) is 0 Å². The van der Waals surface area contributed by atoms with E-state index in [0.29, 0.717) is 0 Å². The summed E-state index contributed by atoms with van der Waals surface area (Å²) in [4.78, 5) is 5.20. The van der Waals surface area contributed by atoms with E-state index in [1.165, 1.54) is 10.5 Å². The van der Waals surface area contributed by atoms with Crippen LogP contribution in [0.4, 0.5) is 0 Å². The topological polar surface area (TPSA) is 38.9 Å². The van der Waals surface area contributed by atoms with E-state index >= 15 is 0 Å². The summed E-state index contributed by atoms with van der Waals surface area (Å²) in [7, 11) is 0. The van der Waals surface area contributed by atoms with E-state index in [2.05, 4.69) is 4.98 Å². The van der Waals surface area contributed by atoms with Crippen LogP contribution in [0, 0.1) is 0 Å². The van der Waals surface area contributed by atoms with Gasteiger partial charge >= 0.3 is 0 Å². The fourth-order valence-electron chi connectivity index (χ4n) is 1.69. The van der Waals surface area contributed by atoms with Crippen molar-refractivity contribution in [3.63, 3.8) is 0 Å². The number of nitrogens with two attached hydrogens (primary N) is 1. The summed E-state index contributed by atoms with van der Waals surface area (Å²) in [5.41, 5.74) is 7.27. The standard InChI is InChI=1S/C14H15ClN2S/c1-10(16)14(11-6-8-17-9-7-11)18-13-4-2-12(15)3-5-13/h2-10,14H,16H2,1H3. The van der Waals surface area contributed by atoms with E-state index < -0.39 is 0 Å². The highest BCUT2D eigenvalue weighted by Crippen LogP contribution is 2.37. The summed E-state index contributed by atoms with van der Waals surface area (Å²) in [6, 6.07) is 11.9. The number of hydrogen-bond donors (Lipinski definition) is 1. The summed E-state index contributed by atoms with van der Waals surface area (Å²) in [5.74, 6) is 0. The third-order valence-electron chi connectivity index (χ3n) is 2.59. The summed E-state index contributed by atoms with van der Waals surface area (Å²) in [6.07, 6.45) is 3.60. The fourth-order valence-corrected chi connectivity index (χ4v) is 2.91. The van der Waals surface area contributed by atoms with Gasteiger partial charge in [-0.3, -0.25) is 4.98 Å². The van der Waals surface area contributed by atoms with Crippen molar-refractivity contribution in [1.29, 1.82) is 0 Å². The Morgan fingerprint density at radius 1 is 1.11 bits per heavy atom. The Bertz CT molecular complexity index is 485. The van der Waals surface area contributed by atoms with Gasteiger partial charge in [-0.15, -0.1) is 11.8 Å². The van der Waals surface area contributed by atoms with E-state index in [-0.39, 0.29) is 11.3 Å². The van der Waals surface area contributed by atoms with Crippen molar-refractivity contribution in [1.82, 2.24) is 4.98 Å². The molecular weight excluding hydrogens is 264 g/mol. The van der Waals surface area contributed by atoms with Crippen molar-refractivity contribution >= 4 is 23.4 Å². The van der Waals surface area contributed by atoms with Crippen molar-refractivity contribution < 1.29 is 0 Å². The quantitative estimate of drug-likeness (QED) is 0.862. The highest BCUT2D eigenvalue weighted by atomic mass is 35.5. The third-order valence-corrected chi connectivity index (χ3v) is 4.34. The molecule has 2 atom stereocenters. The predicted octanol–water partition coefficient (Wildman–Crippen LogP) is 3.92. The Hall–Kier alpha value is -1.03. The number of halogens is 1. The van der Waals surface area contributed by atoms with Gasteiger partial charge < -0.3 is 5.73 Å². The SMILES string of the molecule is CC(N)C(Sc1ccc(Cl)cc1)c1ccncc1. The number of thioether (sulfide) groups is 1. The summed E-state index contributed by atoms with van der Waals surface area (Å²) < 4.78 is 0. The average Bonchev–Trinajstić information content (AvgIpc) is 2.38. The molecule has 2 N–H and O–H groups in total. The summed E-state index contributed by atoms with van der Waals surface area (Å²) >= 11 is 7.63. The van der Waals surface area contributed by atoms with Crippen LogP contribution in [0.1, 0.15) is 17.7 Å². The van der Waals surface area contributed by atoms with E-state index in [9.17, 15) is 0 Å². The minimum atomic E-state index is 0.0630. The number of rotatable bonds is 4. The second-order valence-electron chi connectivity index (χ2n) is 4.13. The maximum absolute atomic E-state index is 6.08. The van der Waals surface area contributed by atoms with Gasteiger partial charge in [0.25, 0.3) is 0 Å². The lowest BCUT2D eigenvalue weighted by Gasteiger charge is -2.20. The molecule has 0 radical (unpaired) electrons. The molecule has 2 rings (SSSR count). The van der Waals surface area contributed by atoms with Crippen LogP contribution < -0.4 is 5.73 Å². The number of hydrogen-bond acceptors (Lipinski definition) is 3. The van der Waals surface area contributed by atoms with Gasteiger partial charge in [0.1, 0.15) is 0 Å². The monoisotopic (exact) mass is 278 g/mol. The van der Waals surface area contributed by atoms with Crippen molar-refractivity contribution in [3.05, 3.63) is 59.4 Å². The van der Waals surface area contributed by atoms with E-state index in [0.717, 1.165) is 5.02 Å². The lowest BCUT2D eigenvalue weighted by atomic mass is 10.1. The van der Waals surface area contributed by atoms with Crippen LogP contribution in [0.2, 0.25) is 5.02 Å². The molecule has 2 aromatic rings. The maximum Gasteiger partial charge on any atom is 0.0493 e. The first-order chi connectivity index (χ1) is 8.66. The summed E-state index contributed by atoms with van der Waals surface area (Å²) in [6.45, 7) is 2.02. The highest BCUT2D eigenvalue weighted by Gasteiger charge is 2.17. The van der Waals surface area contributed by atoms with Crippen LogP contribution in [-0.4, -0.2) is 11.0 Å². The Labute approximate surface area is 117 Å². The number of aromatic nitrogens is 1. The highest BCUT2D eigenvalue weighted by molar-refractivity contribution is 7.99. The number of nitrogens with zero attached hydrogens (tertiary/aromatic N) is 1. The molecule has 0 fully saturated rings. The van der Waals surface area contributed by atoms with Gasteiger partial charge in [-0.2, -0.15) is 0 Å².